The molecular weight excluding hydrogens is 497 g/mol. The highest BCUT2D eigenvalue weighted by atomic mass is 32.3. The molecule has 1 aliphatic heterocycles. The molecule has 0 saturated carbocycles. The molecule has 2 aromatic heterocycles. The molecule has 8 nitrogen and oxygen atoms in total. The lowest BCUT2D eigenvalue weighted by atomic mass is 9.84. The molecule has 36 heavy (non-hydrogen) atoms. The van der Waals surface area contributed by atoms with Gasteiger partial charge in [0, 0.05) is 58.3 Å². The molecule has 3 heterocycles. The van der Waals surface area contributed by atoms with Crippen LogP contribution in [0.1, 0.15) is 57.3 Å². The molecule has 1 amide bonds. The van der Waals surface area contributed by atoms with Gasteiger partial charge >= 0.3 is 0 Å². The number of halogens is 3. The van der Waals surface area contributed by atoms with Crippen LogP contribution < -0.4 is 10.1 Å². The van der Waals surface area contributed by atoms with E-state index in [0.717, 1.165) is 17.5 Å². The van der Waals surface area contributed by atoms with E-state index in [-0.39, 0.29) is 40.8 Å². The summed E-state index contributed by atoms with van der Waals surface area (Å²) in [6, 6.07) is 1.24. The molecule has 1 unspecified atom stereocenters. The first kappa shape index (κ1) is 26.7. The third-order valence-corrected chi connectivity index (χ3v) is 8.71. The Labute approximate surface area is 210 Å². The molecule has 0 bridgehead atoms. The molecule has 1 saturated heterocycles. The zero-order chi connectivity index (χ0) is 26.3. The van der Waals surface area contributed by atoms with Gasteiger partial charge in [0.1, 0.15) is 0 Å². The number of alkyl halides is 2. The van der Waals surface area contributed by atoms with Crippen LogP contribution in [0, 0.1) is 11.7 Å². The van der Waals surface area contributed by atoms with Gasteiger partial charge in [-0.05, 0) is 46.5 Å². The first-order valence-corrected chi connectivity index (χ1v) is 14.0. The monoisotopic (exact) mass is 530 g/mol. The molecule has 2 aliphatic rings. The van der Waals surface area contributed by atoms with Crippen LogP contribution in [-0.4, -0.2) is 59.9 Å². The second-order valence-corrected chi connectivity index (χ2v) is 12.6. The molecular formula is C24H33F3N4O4S. The number of nitrogens with one attached hydrogen (secondary N) is 1. The van der Waals surface area contributed by atoms with Crippen molar-refractivity contribution < 1.29 is 31.8 Å². The highest BCUT2D eigenvalue weighted by molar-refractivity contribution is 8.24. The fraction of sp³-hybridized carbons (Fsp3) is 0.625. The normalized spacial score (nSPS) is 21.8. The second kappa shape index (κ2) is 10.2. The Morgan fingerprint density at radius 1 is 1.33 bits per heavy atom. The number of hydrogen-bond acceptors (Lipinski definition) is 6. The largest absolute Gasteiger partial charge is 0.472 e. The predicted molar refractivity (Wildman–Crippen MR) is 131 cm³/mol. The van der Waals surface area contributed by atoms with E-state index >= 15 is 0 Å². The van der Waals surface area contributed by atoms with Crippen LogP contribution in [0.25, 0.3) is 11.3 Å². The van der Waals surface area contributed by atoms with Gasteiger partial charge in [0.15, 0.2) is 12.4 Å². The van der Waals surface area contributed by atoms with E-state index in [1.165, 1.54) is 6.07 Å². The van der Waals surface area contributed by atoms with Gasteiger partial charge in [-0.2, -0.15) is 15.7 Å². The number of rotatable bonds is 7. The summed E-state index contributed by atoms with van der Waals surface area (Å²) in [5.74, 6) is -0.564. The predicted octanol–water partition coefficient (Wildman–Crippen LogP) is 4.83. The maximum absolute atomic E-state index is 14.8. The summed E-state index contributed by atoms with van der Waals surface area (Å²) in [4.78, 5) is 17.0. The van der Waals surface area contributed by atoms with Crippen LogP contribution in [0.5, 0.6) is 5.88 Å². The standard InChI is InChI=1S/C24H33F3N4O4S/c1-14(2)31-19-10-15(23(32)29-24(3)6-8-36(33,34)9-7-24)4-5-16(19)22(30-31)17-11-21(28-12-18(17)25)35-13-20(26)27/h11-12,14-15,20,33-34H,4-10,13H2,1-3H3,(H,29,32). The van der Waals surface area contributed by atoms with Crippen molar-refractivity contribution in [3.8, 4) is 17.1 Å². The third kappa shape index (κ3) is 5.81. The number of pyridine rings is 1. The number of carbonyl (C=O) groups excluding carboxylic acids is 1. The molecule has 1 aliphatic carbocycles. The number of aromatic nitrogens is 3. The van der Waals surface area contributed by atoms with Crippen molar-refractivity contribution in [2.45, 2.75) is 70.9 Å². The zero-order valence-corrected chi connectivity index (χ0v) is 21.5. The fourth-order valence-corrected chi connectivity index (χ4v) is 6.62. The van der Waals surface area contributed by atoms with Gasteiger partial charge < -0.3 is 10.1 Å². The average molecular weight is 531 g/mol. The van der Waals surface area contributed by atoms with Gasteiger partial charge in [0.05, 0.1) is 11.9 Å². The smallest absolute Gasteiger partial charge is 0.272 e. The number of hydrogen-bond donors (Lipinski definition) is 3. The van der Waals surface area contributed by atoms with Crippen molar-refractivity contribution in [2.75, 3.05) is 18.1 Å². The number of fused-ring (bicyclic) bond motifs is 1. The summed E-state index contributed by atoms with van der Waals surface area (Å²) in [5, 5.41) is 7.80. The van der Waals surface area contributed by atoms with Gasteiger partial charge in [-0.3, -0.25) is 18.6 Å². The highest BCUT2D eigenvalue weighted by Crippen LogP contribution is 2.47. The van der Waals surface area contributed by atoms with Crippen LogP contribution in [0.4, 0.5) is 13.2 Å². The Bertz CT molecular complexity index is 1120. The number of amides is 1. The minimum atomic E-state index is -2.68. The van der Waals surface area contributed by atoms with Crippen LogP contribution in [0.3, 0.4) is 0 Å². The highest BCUT2D eigenvalue weighted by Gasteiger charge is 2.38. The van der Waals surface area contributed by atoms with Crippen LogP contribution in [0.15, 0.2) is 12.3 Å². The minimum Gasteiger partial charge on any atom is -0.472 e. The van der Waals surface area contributed by atoms with Gasteiger partial charge in [0.25, 0.3) is 6.43 Å². The van der Waals surface area contributed by atoms with E-state index in [9.17, 15) is 27.1 Å². The molecule has 1 fully saturated rings. The SMILES string of the molecule is CC(C)n1nc(-c2cc(OCC(F)F)ncc2F)c2c1CC(C(=O)NC1(C)CCS(O)(O)CC1)CC2. The summed E-state index contributed by atoms with van der Waals surface area (Å²) in [6.45, 7) is 4.99. The average Bonchev–Trinajstić information content (AvgIpc) is 3.20. The number of ether oxygens (including phenoxy) is 1. The molecule has 1 atom stereocenters. The van der Waals surface area contributed by atoms with E-state index in [2.05, 4.69) is 15.4 Å². The van der Waals surface area contributed by atoms with Crippen molar-refractivity contribution in [1.82, 2.24) is 20.1 Å². The molecule has 2 aromatic rings. The molecule has 0 spiro atoms. The Morgan fingerprint density at radius 2 is 2.03 bits per heavy atom. The lowest BCUT2D eigenvalue weighted by molar-refractivity contribution is -0.127. The summed E-state index contributed by atoms with van der Waals surface area (Å²) in [7, 11) is -2.55. The van der Waals surface area contributed by atoms with E-state index in [4.69, 9.17) is 4.74 Å². The topological polar surface area (TPSA) is 110 Å². The van der Waals surface area contributed by atoms with Crippen LogP contribution in [0.2, 0.25) is 0 Å². The fourth-order valence-electron chi connectivity index (χ4n) is 4.86. The van der Waals surface area contributed by atoms with Gasteiger partial charge in [0.2, 0.25) is 11.8 Å². The lowest BCUT2D eigenvalue weighted by Gasteiger charge is -2.45. The number of carbonyl (C=O) groups is 1. The van der Waals surface area contributed by atoms with Crippen molar-refractivity contribution >= 4 is 16.5 Å². The molecule has 4 rings (SSSR count). The summed E-state index contributed by atoms with van der Waals surface area (Å²) < 4.78 is 66.5. The Kier molecular flexibility index (Phi) is 7.59. The molecule has 0 radical (unpaired) electrons. The molecule has 3 N–H and O–H groups in total. The van der Waals surface area contributed by atoms with E-state index < -0.39 is 35.0 Å². The Morgan fingerprint density at radius 3 is 2.67 bits per heavy atom. The van der Waals surface area contributed by atoms with Crippen molar-refractivity contribution in [3.05, 3.63) is 29.3 Å². The molecule has 0 aromatic carbocycles. The van der Waals surface area contributed by atoms with Crippen molar-refractivity contribution in [3.63, 3.8) is 0 Å². The number of nitrogens with zero attached hydrogens (tertiary/aromatic N) is 3. The van der Waals surface area contributed by atoms with Crippen LogP contribution in [-0.2, 0) is 17.6 Å². The summed E-state index contributed by atoms with van der Waals surface area (Å²) >= 11 is 0. The maximum atomic E-state index is 14.8. The minimum absolute atomic E-state index is 0.0465. The van der Waals surface area contributed by atoms with Crippen molar-refractivity contribution in [1.29, 1.82) is 0 Å². The first-order chi connectivity index (χ1) is 16.9. The second-order valence-electron chi connectivity index (χ2n) is 10.2. The van der Waals surface area contributed by atoms with E-state index in [1.807, 2.05) is 20.8 Å². The van der Waals surface area contributed by atoms with Gasteiger partial charge in [-0.15, -0.1) is 0 Å². The third-order valence-electron chi connectivity index (χ3n) is 6.99. The first-order valence-electron chi connectivity index (χ1n) is 12.1. The summed E-state index contributed by atoms with van der Waals surface area (Å²) in [5.41, 5.74) is 1.72. The molecule has 200 valence electrons. The Balaban J connectivity index is 1.57. The molecule has 12 heteroatoms. The van der Waals surface area contributed by atoms with E-state index in [0.29, 0.717) is 37.8 Å². The maximum Gasteiger partial charge on any atom is 0.272 e. The zero-order valence-electron chi connectivity index (χ0n) is 20.6. The van der Waals surface area contributed by atoms with Gasteiger partial charge in [-0.1, -0.05) is 0 Å². The summed E-state index contributed by atoms with van der Waals surface area (Å²) in [6.07, 6.45) is 0.747. The van der Waals surface area contributed by atoms with E-state index in [1.54, 1.807) is 4.68 Å². The van der Waals surface area contributed by atoms with Gasteiger partial charge in [-0.25, -0.2) is 18.2 Å². The van der Waals surface area contributed by atoms with Crippen molar-refractivity contribution in [2.24, 2.45) is 5.92 Å². The quantitative estimate of drug-likeness (QED) is 0.473. The lowest BCUT2D eigenvalue weighted by Crippen LogP contribution is -2.52. The Hall–Kier alpha value is -2.31. The van der Waals surface area contributed by atoms with Crippen LogP contribution >= 0.6 is 10.6 Å².